The summed E-state index contributed by atoms with van der Waals surface area (Å²) in [6.45, 7) is 1.29. The van der Waals surface area contributed by atoms with Crippen molar-refractivity contribution in [2.45, 2.75) is 25.8 Å². The predicted octanol–water partition coefficient (Wildman–Crippen LogP) is 5.52. The highest BCUT2D eigenvalue weighted by atomic mass is 16.5. The second-order valence-electron chi connectivity index (χ2n) is 9.77. The van der Waals surface area contributed by atoms with E-state index in [0.717, 1.165) is 69.4 Å². The number of carbonyl (C=O) groups is 1. The van der Waals surface area contributed by atoms with Crippen molar-refractivity contribution in [3.8, 4) is 5.75 Å². The lowest BCUT2D eigenvalue weighted by molar-refractivity contribution is 0.0948. The molecule has 1 amide bonds. The molecule has 0 aliphatic carbocycles. The Balaban J connectivity index is 1.20. The number of fused-ring (bicyclic) bond motifs is 4. The van der Waals surface area contributed by atoms with E-state index in [4.69, 9.17) is 15.5 Å². The summed E-state index contributed by atoms with van der Waals surface area (Å²) in [4.78, 5) is 26.8. The molecular weight excluding hydrogens is 500 g/mol. The van der Waals surface area contributed by atoms with E-state index in [1.807, 2.05) is 60.7 Å². The first-order valence-electron chi connectivity index (χ1n) is 13.4. The molecule has 0 saturated heterocycles. The van der Waals surface area contributed by atoms with Gasteiger partial charge in [-0.15, -0.1) is 0 Å². The predicted molar refractivity (Wildman–Crippen MR) is 159 cm³/mol. The standard InChI is InChI=1S/C32H30N6O2/c1-40-23-15-12-21(13-16-23)20-28-37-29-30(24-9-3-5-11-26(24)36-31(29)33)38(28)19-7-6-18-34-32(39)27-17-14-22-8-2-4-10-25(22)35-27/h2-5,8-17H,6-7,18-20H2,1H3,(H2,33,36)(H,34,39). The number of rotatable bonds is 9. The second-order valence-corrected chi connectivity index (χ2v) is 9.77. The van der Waals surface area contributed by atoms with Gasteiger partial charge >= 0.3 is 0 Å². The van der Waals surface area contributed by atoms with Crippen molar-refractivity contribution in [2.24, 2.45) is 0 Å². The van der Waals surface area contributed by atoms with Crippen LogP contribution in [0.1, 0.15) is 34.7 Å². The minimum absolute atomic E-state index is 0.163. The Bertz CT molecular complexity index is 1830. The minimum Gasteiger partial charge on any atom is -0.497 e. The number of hydrogen-bond acceptors (Lipinski definition) is 6. The highest BCUT2D eigenvalue weighted by molar-refractivity contribution is 6.06. The van der Waals surface area contributed by atoms with Crippen molar-refractivity contribution in [3.05, 3.63) is 102 Å². The third-order valence-electron chi connectivity index (χ3n) is 7.14. The van der Waals surface area contributed by atoms with Crippen LogP contribution in [0.25, 0.3) is 32.8 Å². The maximum absolute atomic E-state index is 12.7. The highest BCUT2D eigenvalue weighted by Gasteiger charge is 2.17. The first kappa shape index (κ1) is 25.3. The summed E-state index contributed by atoms with van der Waals surface area (Å²) in [5.74, 6) is 2.01. The fourth-order valence-electron chi connectivity index (χ4n) is 5.09. The molecule has 0 unspecified atom stereocenters. The molecule has 200 valence electrons. The van der Waals surface area contributed by atoms with E-state index in [-0.39, 0.29) is 5.91 Å². The van der Waals surface area contributed by atoms with Crippen LogP contribution in [0.2, 0.25) is 0 Å². The van der Waals surface area contributed by atoms with Gasteiger partial charge < -0.3 is 20.4 Å². The van der Waals surface area contributed by atoms with Crippen LogP contribution in [0.3, 0.4) is 0 Å². The van der Waals surface area contributed by atoms with Crippen molar-refractivity contribution >= 4 is 44.6 Å². The number of methoxy groups -OCH3 is 1. The van der Waals surface area contributed by atoms with Gasteiger partial charge in [0, 0.05) is 30.3 Å². The number of carbonyl (C=O) groups excluding carboxylic acids is 1. The van der Waals surface area contributed by atoms with Crippen molar-refractivity contribution in [1.29, 1.82) is 0 Å². The van der Waals surface area contributed by atoms with Crippen LogP contribution in [-0.2, 0) is 13.0 Å². The van der Waals surface area contributed by atoms with Gasteiger partial charge in [-0.05, 0) is 48.7 Å². The fraction of sp³-hybridized carbons (Fsp3) is 0.188. The average molecular weight is 531 g/mol. The summed E-state index contributed by atoms with van der Waals surface area (Å²) in [6.07, 6.45) is 2.30. The number of aromatic nitrogens is 4. The monoisotopic (exact) mass is 530 g/mol. The average Bonchev–Trinajstić information content (AvgIpc) is 3.35. The number of para-hydroxylation sites is 2. The summed E-state index contributed by atoms with van der Waals surface area (Å²) >= 11 is 0. The van der Waals surface area contributed by atoms with Gasteiger partial charge in [0.05, 0.1) is 23.7 Å². The van der Waals surface area contributed by atoms with Crippen molar-refractivity contribution < 1.29 is 9.53 Å². The molecule has 3 N–H and O–H groups in total. The molecular formula is C32H30N6O2. The van der Waals surface area contributed by atoms with Gasteiger partial charge in [0.25, 0.3) is 5.91 Å². The van der Waals surface area contributed by atoms with Crippen LogP contribution in [0, 0.1) is 0 Å². The highest BCUT2D eigenvalue weighted by Crippen LogP contribution is 2.30. The van der Waals surface area contributed by atoms with Gasteiger partial charge in [-0.1, -0.05) is 54.6 Å². The Morgan fingerprint density at radius 3 is 2.48 bits per heavy atom. The molecule has 40 heavy (non-hydrogen) atoms. The van der Waals surface area contributed by atoms with Gasteiger partial charge in [-0.25, -0.2) is 15.0 Å². The number of nitrogen functional groups attached to an aromatic ring is 1. The van der Waals surface area contributed by atoms with E-state index in [9.17, 15) is 4.79 Å². The van der Waals surface area contributed by atoms with E-state index in [0.29, 0.717) is 24.5 Å². The second kappa shape index (κ2) is 11.0. The Hall–Kier alpha value is -4.98. The molecule has 0 aliphatic rings. The number of imidazole rings is 1. The number of anilines is 1. The lowest BCUT2D eigenvalue weighted by Gasteiger charge is -2.12. The van der Waals surface area contributed by atoms with Crippen molar-refractivity contribution in [2.75, 3.05) is 19.4 Å². The molecule has 0 spiro atoms. The molecule has 8 heteroatoms. The molecule has 0 atom stereocenters. The molecule has 6 aromatic rings. The number of nitrogens with two attached hydrogens (primary N) is 1. The Morgan fingerprint density at radius 1 is 0.875 bits per heavy atom. The Kier molecular flexibility index (Phi) is 6.97. The number of nitrogens with one attached hydrogen (secondary N) is 1. The van der Waals surface area contributed by atoms with E-state index in [1.54, 1.807) is 13.2 Å². The summed E-state index contributed by atoms with van der Waals surface area (Å²) in [7, 11) is 1.66. The number of unbranched alkanes of at least 4 members (excludes halogenated alkanes) is 1. The molecule has 0 fully saturated rings. The van der Waals surface area contributed by atoms with Crippen molar-refractivity contribution in [1.82, 2.24) is 24.8 Å². The smallest absolute Gasteiger partial charge is 0.269 e. The number of nitrogens with zero attached hydrogens (tertiary/aromatic N) is 4. The van der Waals surface area contributed by atoms with Gasteiger partial charge in [-0.3, -0.25) is 4.79 Å². The van der Waals surface area contributed by atoms with Crippen LogP contribution in [0.5, 0.6) is 5.75 Å². The zero-order valence-corrected chi connectivity index (χ0v) is 22.3. The Labute approximate surface area is 231 Å². The summed E-state index contributed by atoms with van der Waals surface area (Å²) in [5, 5.41) is 5.05. The largest absolute Gasteiger partial charge is 0.497 e. The number of aryl methyl sites for hydroxylation is 1. The van der Waals surface area contributed by atoms with Crippen molar-refractivity contribution in [3.63, 3.8) is 0 Å². The molecule has 3 heterocycles. The number of benzene rings is 3. The molecule has 8 nitrogen and oxygen atoms in total. The van der Waals surface area contributed by atoms with E-state index < -0.39 is 0 Å². The van der Waals surface area contributed by atoms with Gasteiger partial charge in [0.1, 0.15) is 22.8 Å². The maximum Gasteiger partial charge on any atom is 0.269 e. The molecule has 3 aromatic carbocycles. The van der Waals surface area contributed by atoms with Crippen LogP contribution in [-0.4, -0.2) is 39.1 Å². The van der Waals surface area contributed by atoms with Gasteiger partial charge in [0.2, 0.25) is 0 Å². The number of amides is 1. The quantitative estimate of drug-likeness (QED) is 0.238. The molecule has 0 saturated carbocycles. The third-order valence-corrected chi connectivity index (χ3v) is 7.14. The third kappa shape index (κ3) is 5.03. The molecule has 0 bridgehead atoms. The summed E-state index contributed by atoms with van der Waals surface area (Å²) < 4.78 is 7.57. The molecule has 0 radical (unpaired) electrons. The lowest BCUT2D eigenvalue weighted by atomic mass is 10.1. The van der Waals surface area contributed by atoms with Gasteiger partial charge in [0.15, 0.2) is 5.82 Å². The van der Waals surface area contributed by atoms with Crippen LogP contribution in [0.15, 0.2) is 84.9 Å². The van der Waals surface area contributed by atoms with E-state index >= 15 is 0 Å². The van der Waals surface area contributed by atoms with Gasteiger partial charge in [-0.2, -0.15) is 0 Å². The maximum atomic E-state index is 12.7. The lowest BCUT2D eigenvalue weighted by Crippen LogP contribution is -2.25. The van der Waals surface area contributed by atoms with E-state index in [1.165, 1.54) is 0 Å². The summed E-state index contributed by atoms with van der Waals surface area (Å²) in [5.41, 5.74) is 11.3. The molecule has 3 aromatic heterocycles. The minimum atomic E-state index is -0.163. The number of pyridine rings is 2. The fourth-order valence-corrected chi connectivity index (χ4v) is 5.09. The topological polar surface area (TPSA) is 108 Å². The SMILES string of the molecule is COc1ccc(Cc2nc3c(N)nc4ccccc4c3n2CCCCNC(=O)c2ccc3ccccc3n2)cc1. The zero-order chi connectivity index (χ0) is 27.5. The Morgan fingerprint density at radius 2 is 1.65 bits per heavy atom. The first-order chi connectivity index (χ1) is 19.6. The van der Waals surface area contributed by atoms with E-state index in [2.05, 4.69) is 38.1 Å². The first-order valence-corrected chi connectivity index (χ1v) is 13.4. The molecule has 0 aliphatic heterocycles. The van der Waals surface area contributed by atoms with Crippen LogP contribution >= 0.6 is 0 Å². The van der Waals surface area contributed by atoms with Crippen LogP contribution in [0.4, 0.5) is 5.82 Å². The van der Waals surface area contributed by atoms with Crippen LogP contribution < -0.4 is 15.8 Å². The number of ether oxygens (including phenoxy) is 1. The normalized spacial score (nSPS) is 11.3. The summed E-state index contributed by atoms with van der Waals surface area (Å²) in [6, 6.07) is 27.5. The zero-order valence-electron chi connectivity index (χ0n) is 22.3. The number of hydrogen-bond donors (Lipinski definition) is 2. The molecule has 6 rings (SSSR count).